The van der Waals surface area contributed by atoms with Crippen molar-refractivity contribution >= 4 is 15.9 Å². The van der Waals surface area contributed by atoms with Gasteiger partial charge in [0.15, 0.2) is 0 Å². The highest BCUT2D eigenvalue weighted by Crippen LogP contribution is 2.35. The molecule has 1 fully saturated rings. The molecule has 0 spiro atoms. The van der Waals surface area contributed by atoms with E-state index in [2.05, 4.69) is 40.2 Å². The van der Waals surface area contributed by atoms with Gasteiger partial charge in [0.2, 0.25) is 0 Å². The first kappa shape index (κ1) is 11.2. The zero-order chi connectivity index (χ0) is 10.7. The van der Waals surface area contributed by atoms with Crippen molar-refractivity contribution in [1.82, 2.24) is 0 Å². The Hall–Kier alpha value is -0.340. The summed E-state index contributed by atoms with van der Waals surface area (Å²) in [6, 6.07) is 8.78. The van der Waals surface area contributed by atoms with Crippen LogP contribution in [-0.4, -0.2) is 6.54 Å². The average Bonchev–Trinajstić information content (AvgIpc) is 2.30. The summed E-state index contributed by atoms with van der Waals surface area (Å²) in [6.07, 6.45) is 5.22. The maximum absolute atomic E-state index is 5.70. The Kier molecular flexibility index (Phi) is 3.81. The molecule has 1 aromatic carbocycles. The van der Waals surface area contributed by atoms with Gasteiger partial charge in [0, 0.05) is 4.47 Å². The maximum Gasteiger partial charge on any atom is 0.0175 e. The largest absolute Gasteiger partial charge is 0.330 e. The molecule has 1 nitrogen and oxygen atoms in total. The van der Waals surface area contributed by atoms with Gasteiger partial charge in [-0.2, -0.15) is 0 Å². The Morgan fingerprint density at radius 2 is 1.67 bits per heavy atom. The van der Waals surface area contributed by atoms with Crippen LogP contribution in [0, 0.1) is 5.92 Å². The van der Waals surface area contributed by atoms with Crippen molar-refractivity contribution in [1.29, 1.82) is 0 Å². The molecule has 0 saturated heterocycles. The lowest BCUT2D eigenvalue weighted by molar-refractivity contribution is 0.333. The van der Waals surface area contributed by atoms with E-state index in [-0.39, 0.29) is 0 Å². The standard InChI is InChI=1S/C13H18BrN/c14-13-7-5-12(6-8-13)11-3-1-10(9-15)2-4-11/h5-8,10-11H,1-4,9,15H2. The van der Waals surface area contributed by atoms with Gasteiger partial charge in [-0.3, -0.25) is 0 Å². The lowest BCUT2D eigenvalue weighted by atomic mass is 9.79. The van der Waals surface area contributed by atoms with E-state index >= 15 is 0 Å². The molecule has 2 rings (SSSR count). The molecule has 1 aliphatic rings. The highest BCUT2D eigenvalue weighted by atomic mass is 79.9. The molecule has 0 aliphatic heterocycles. The molecule has 82 valence electrons. The summed E-state index contributed by atoms with van der Waals surface area (Å²) in [5, 5.41) is 0. The lowest BCUT2D eigenvalue weighted by Gasteiger charge is -2.27. The minimum atomic E-state index is 0.765. The molecule has 1 saturated carbocycles. The number of rotatable bonds is 2. The predicted molar refractivity (Wildman–Crippen MR) is 67.9 cm³/mol. The molecule has 0 amide bonds. The van der Waals surface area contributed by atoms with Gasteiger partial charge in [-0.05, 0) is 61.8 Å². The minimum Gasteiger partial charge on any atom is -0.330 e. The highest BCUT2D eigenvalue weighted by Gasteiger charge is 2.21. The lowest BCUT2D eigenvalue weighted by Crippen LogP contribution is -2.20. The molecular formula is C13H18BrN. The van der Waals surface area contributed by atoms with E-state index < -0.39 is 0 Å². The van der Waals surface area contributed by atoms with E-state index in [1.54, 1.807) is 0 Å². The van der Waals surface area contributed by atoms with Crippen molar-refractivity contribution in [3.05, 3.63) is 34.3 Å². The molecule has 15 heavy (non-hydrogen) atoms. The molecule has 0 heterocycles. The fraction of sp³-hybridized carbons (Fsp3) is 0.538. The molecule has 2 N–H and O–H groups in total. The van der Waals surface area contributed by atoms with Gasteiger partial charge in [0.1, 0.15) is 0 Å². The van der Waals surface area contributed by atoms with Crippen LogP contribution in [0.4, 0.5) is 0 Å². The zero-order valence-electron chi connectivity index (χ0n) is 8.95. The summed E-state index contributed by atoms with van der Waals surface area (Å²) in [7, 11) is 0. The van der Waals surface area contributed by atoms with Gasteiger partial charge in [-0.1, -0.05) is 28.1 Å². The Morgan fingerprint density at radius 3 is 2.20 bits per heavy atom. The molecule has 2 heteroatoms. The Morgan fingerprint density at radius 1 is 1.07 bits per heavy atom. The number of halogens is 1. The summed E-state index contributed by atoms with van der Waals surface area (Å²) in [5.41, 5.74) is 7.20. The number of hydrogen-bond acceptors (Lipinski definition) is 1. The molecule has 0 aromatic heterocycles. The highest BCUT2D eigenvalue weighted by molar-refractivity contribution is 9.10. The van der Waals surface area contributed by atoms with Crippen molar-refractivity contribution in [3.8, 4) is 0 Å². The second kappa shape index (κ2) is 5.13. The second-order valence-corrected chi connectivity index (χ2v) is 5.42. The fourth-order valence-corrected chi connectivity index (χ4v) is 2.73. The van der Waals surface area contributed by atoms with Crippen LogP contribution in [0.5, 0.6) is 0 Å². The molecule has 0 bridgehead atoms. The van der Waals surface area contributed by atoms with Crippen LogP contribution in [0.1, 0.15) is 37.2 Å². The number of nitrogens with two attached hydrogens (primary N) is 1. The normalized spacial score (nSPS) is 26.5. The van der Waals surface area contributed by atoms with Gasteiger partial charge in [0.25, 0.3) is 0 Å². The Labute approximate surface area is 100 Å². The smallest absolute Gasteiger partial charge is 0.0175 e. The van der Waals surface area contributed by atoms with Crippen LogP contribution in [0.25, 0.3) is 0 Å². The van der Waals surface area contributed by atoms with Crippen LogP contribution in [0.2, 0.25) is 0 Å². The van der Waals surface area contributed by atoms with Crippen LogP contribution in [-0.2, 0) is 0 Å². The molecule has 1 aliphatic carbocycles. The summed E-state index contributed by atoms with van der Waals surface area (Å²) < 4.78 is 1.17. The van der Waals surface area contributed by atoms with E-state index in [0.717, 1.165) is 18.4 Å². The first-order valence-corrected chi connectivity index (χ1v) is 6.54. The van der Waals surface area contributed by atoms with E-state index in [1.807, 2.05) is 0 Å². The van der Waals surface area contributed by atoms with Gasteiger partial charge in [-0.25, -0.2) is 0 Å². The first-order valence-electron chi connectivity index (χ1n) is 5.75. The topological polar surface area (TPSA) is 26.0 Å². The summed E-state index contributed by atoms with van der Waals surface area (Å²) in [6.45, 7) is 0.868. The van der Waals surface area contributed by atoms with Crippen LogP contribution in [0.15, 0.2) is 28.7 Å². The molecule has 1 aromatic rings. The Balaban J connectivity index is 1.98. The van der Waals surface area contributed by atoms with Crippen molar-refractivity contribution in [2.45, 2.75) is 31.6 Å². The minimum absolute atomic E-state index is 0.765. The number of benzene rings is 1. The molecular weight excluding hydrogens is 250 g/mol. The summed E-state index contributed by atoms with van der Waals surface area (Å²) in [4.78, 5) is 0. The van der Waals surface area contributed by atoms with Crippen LogP contribution < -0.4 is 5.73 Å². The van der Waals surface area contributed by atoms with Crippen molar-refractivity contribution < 1.29 is 0 Å². The van der Waals surface area contributed by atoms with Crippen LogP contribution in [0.3, 0.4) is 0 Å². The third-order valence-electron chi connectivity index (χ3n) is 3.52. The third kappa shape index (κ3) is 2.82. The van der Waals surface area contributed by atoms with Crippen molar-refractivity contribution in [3.63, 3.8) is 0 Å². The monoisotopic (exact) mass is 267 g/mol. The summed E-state index contributed by atoms with van der Waals surface area (Å²) in [5.74, 6) is 1.54. The molecule has 0 radical (unpaired) electrons. The summed E-state index contributed by atoms with van der Waals surface area (Å²) >= 11 is 3.47. The van der Waals surface area contributed by atoms with Gasteiger partial charge >= 0.3 is 0 Å². The fourth-order valence-electron chi connectivity index (χ4n) is 2.47. The van der Waals surface area contributed by atoms with Gasteiger partial charge in [-0.15, -0.1) is 0 Å². The van der Waals surface area contributed by atoms with E-state index in [0.29, 0.717) is 0 Å². The van der Waals surface area contributed by atoms with Crippen molar-refractivity contribution in [2.75, 3.05) is 6.54 Å². The van der Waals surface area contributed by atoms with Crippen molar-refractivity contribution in [2.24, 2.45) is 11.7 Å². The second-order valence-electron chi connectivity index (χ2n) is 4.50. The maximum atomic E-state index is 5.70. The Bertz CT molecular complexity index is 299. The predicted octanol–water partition coefficient (Wildman–Crippen LogP) is 3.68. The quantitative estimate of drug-likeness (QED) is 0.869. The average molecular weight is 268 g/mol. The van der Waals surface area contributed by atoms with E-state index in [1.165, 1.54) is 35.7 Å². The first-order chi connectivity index (χ1) is 7.29. The third-order valence-corrected chi connectivity index (χ3v) is 4.05. The van der Waals surface area contributed by atoms with Gasteiger partial charge in [0.05, 0.1) is 0 Å². The molecule has 0 atom stereocenters. The van der Waals surface area contributed by atoms with E-state index in [4.69, 9.17) is 5.73 Å². The van der Waals surface area contributed by atoms with Crippen LogP contribution >= 0.6 is 15.9 Å². The van der Waals surface area contributed by atoms with E-state index in [9.17, 15) is 0 Å². The molecule has 0 unspecified atom stereocenters. The SMILES string of the molecule is NCC1CCC(c2ccc(Br)cc2)CC1. The van der Waals surface area contributed by atoms with Gasteiger partial charge < -0.3 is 5.73 Å². The zero-order valence-corrected chi connectivity index (χ0v) is 10.5. The number of hydrogen-bond donors (Lipinski definition) is 1.